The highest BCUT2D eigenvalue weighted by molar-refractivity contribution is 7.89. The second-order valence-electron chi connectivity index (χ2n) is 7.96. The molecule has 184 valence electrons. The summed E-state index contributed by atoms with van der Waals surface area (Å²) in [7, 11) is -4.08. The van der Waals surface area contributed by atoms with Crippen molar-refractivity contribution in [2.45, 2.75) is 18.0 Å². The average molecular weight is 543 g/mol. The van der Waals surface area contributed by atoms with Crippen LogP contribution in [0.25, 0.3) is 0 Å². The van der Waals surface area contributed by atoms with Gasteiger partial charge in [-0.05, 0) is 47.5 Å². The van der Waals surface area contributed by atoms with Gasteiger partial charge >= 0.3 is 0 Å². The van der Waals surface area contributed by atoms with Gasteiger partial charge in [-0.1, -0.05) is 83.9 Å². The third kappa shape index (κ3) is 6.12. The third-order valence-corrected chi connectivity index (χ3v) is 7.74. The number of nitrogens with zero attached hydrogens (tertiary/aromatic N) is 1. The van der Waals surface area contributed by atoms with E-state index in [1.54, 1.807) is 0 Å². The fraction of sp³-hybridized carbons (Fsp3) is 0.0741. The Labute approximate surface area is 219 Å². The number of hydrogen-bond acceptors (Lipinski definition) is 3. The Morgan fingerprint density at radius 1 is 0.806 bits per heavy atom. The Kier molecular flexibility index (Phi) is 8.06. The van der Waals surface area contributed by atoms with E-state index >= 15 is 0 Å². The van der Waals surface area contributed by atoms with Crippen molar-refractivity contribution in [2.24, 2.45) is 0 Å². The molecule has 0 atom stereocenters. The molecule has 0 unspecified atom stereocenters. The number of carbonyl (C=O) groups excluding carboxylic acids is 1. The van der Waals surface area contributed by atoms with Gasteiger partial charge in [0.05, 0.1) is 21.2 Å². The highest BCUT2D eigenvalue weighted by Crippen LogP contribution is 2.26. The van der Waals surface area contributed by atoms with E-state index in [0.29, 0.717) is 5.02 Å². The van der Waals surface area contributed by atoms with E-state index in [-0.39, 0.29) is 34.3 Å². The lowest BCUT2D eigenvalue weighted by atomic mass is 10.2. The van der Waals surface area contributed by atoms with Crippen LogP contribution in [-0.4, -0.2) is 18.6 Å². The van der Waals surface area contributed by atoms with Gasteiger partial charge in [0.1, 0.15) is 5.82 Å². The summed E-state index contributed by atoms with van der Waals surface area (Å²) in [5.41, 5.74) is 1.51. The first-order valence-corrected chi connectivity index (χ1v) is 13.1. The summed E-state index contributed by atoms with van der Waals surface area (Å²) in [5, 5.41) is 2.89. The lowest BCUT2D eigenvalue weighted by Gasteiger charge is -2.23. The Bertz CT molecular complexity index is 1440. The highest BCUT2D eigenvalue weighted by Gasteiger charge is 2.26. The minimum Gasteiger partial charge on any atom is -0.319 e. The standard InChI is InChI=1S/C27H21Cl2FN2O3S/c28-21-11-13-23(24(29)15-21)27(33)31-26-14-12-22(16-25(26)30)36(34,35)32(17-19-7-3-1-4-8-19)18-20-9-5-2-6-10-20/h1-16H,17-18H2,(H,31,33). The molecule has 4 rings (SSSR count). The molecule has 36 heavy (non-hydrogen) atoms. The van der Waals surface area contributed by atoms with Crippen LogP contribution in [-0.2, 0) is 23.1 Å². The van der Waals surface area contributed by atoms with E-state index in [1.807, 2.05) is 60.7 Å². The molecule has 0 spiro atoms. The van der Waals surface area contributed by atoms with Gasteiger partial charge in [-0.3, -0.25) is 4.79 Å². The molecule has 0 aromatic heterocycles. The zero-order chi connectivity index (χ0) is 25.7. The van der Waals surface area contributed by atoms with Crippen molar-refractivity contribution in [2.75, 3.05) is 5.32 Å². The molecule has 0 aliphatic carbocycles. The van der Waals surface area contributed by atoms with Gasteiger partial charge in [-0.2, -0.15) is 4.31 Å². The Hall–Kier alpha value is -3.23. The SMILES string of the molecule is O=C(Nc1ccc(S(=O)(=O)N(Cc2ccccc2)Cc2ccccc2)cc1F)c1ccc(Cl)cc1Cl. The number of carbonyl (C=O) groups is 1. The van der Waals surface area contributed by atoms with Crippen molar-refractivity contribution in [1.29, 1.82) is 0 Å². The van der Waals surface area contributed by atoms with Crippen molar-refractivity contribution in [3.63, 3.8) is 0 Å². The molecule has 0 radical (unpaired) electrons. The lowest BCUT2D eigenvalue weighted by Crippen LogP contribution is -2.30. The van der Waals surface area contributed by atoms with E-state index in [1.165, 1.54) is 34.6 Å². The van der Waals surface area contributed by atoms with E-state index in [2.05, 4.69) is 5.32 Å². The molecule has 1 amide bonds. The Morgan fingerprint density at radius 3 is 1.92 bits per heavy atom. The molecule has 0 fully saturated rings. The Morgan fingerprint density at radius 2 is 1.39 bits per heavy atom. The van der Waals surface area contributed by atoms with Crippen LogP contribution in [0.1, 0.15) is 21.5 Å². The quantitative estimate of drug-likeness (QED) is 0.267. The number of sulfonamides is 1. The van der Waals surface area contributed by atoms with Crippen molar-refractivity contribution < 1.29 is 17.6 Å². The summed E-state index contributed by atoms with van der Waals surface area (Å²) in [6.07, 6.45) is 0. The fourth-order valence-electron chi connectivity index (χ4n) is 3.57. The first-order valence-electron chi connectivity index (χ1n) is 10.9. The van der Waals surface area contributed by atoms with Crippen LogP contribution in [0, 0.1) is 5.82 Å². The van der Waals surface area contributed by atoms with Gasteiger partial charge < -0.3 is 5.32 Å². The third-order valence-electron chi connectivity index (χ3n) is 5.41. The van der Waals surface area contributed by atoms with Gasteiger partial charge in [-0.15, -0.1) is 0 Å². The number of anilines is 1. The maximum atomic E-state index is 15.0. The lowest BCUT2D eigenvalue weighted by molar-refractivity contribution is 0.102. The average Bonchev–Trinajstić information content (AvgIpc) is 2.86. The molecular weight excluding hydrogens is 522 g/mol. The maximum Gasteiger partial charge on any atom is 0.257 e. The minimum atomic E-state index is -4.08. The Balaban J connectivity index is 1.61. The molecule has 0 saturated heterocycles. The molecule has 9 heteroatoms. The van der Waals surface area contributed by atoms with Crippen molar-refractivity contribution >= 4 is 44.8 Å². The van der Waals surface area contributed by atoms with Gasteiger partial charge in [0.2, 0.25) is 10.0 Å². The monoisotopic (exact) mass is 542 g/mol. The summed E-state index contributed by atoms with van der Waals surface area (Å²) < 4.78 is 43.4. The largest absolute Gasteiger partial charge is 0.319 e. The summed E-state index contributed by atoms with van der Waals surface area (Å²) >= 11 is 11.9. The minimum absolute atomic E-state index is 0.104. The second-order valence-corrected chi connectivity index (χ2v) is 10.7. The fourth-order valence-corrected chi connectivity index (χ4v) is 5.49. The number of benzene rings is 4. The van der Waals surface area contributed by atoms with Crippen molar-refractivity contribution in [1.82, 2.24) is 4.31 Å². The topological polar surface area (TPSA) is 66.5 Å². The number of hydrogen-bond donors (Lipinski definition) is 1. The van der Waals surface area contributed by atoms with Gasteiger partial charge in [0.15, 0.2) is 0 Å². The predicted molar refractivity (Wildman–Crippen MR) is 140 cm³/mol. The normalized spacial score (nSPS) is 11.4. The van der Waals surface area contributed by atoms with Crippen molar-refractivity contribution in [3.8, 4) is 0 Å². The number of amides is 1. The molecule has 4 aromatic rings. The zero-order valence-corrected chi connectivity index (χ0v) is 21.2. The van der Waals surface area contributed by atoms with E-state index in [9.17, 15) is 17.6 Å². The summed E-state index contributed by atoms with van der Waals surface area (Å²) in [6, 6.07) is 26.0. The van der Waals surface area contributed by atoms with Crippen LogP contribution >= 0.6 is 23.2 Å². The molecule has 0 heterocycles. The van der Waals surface area contributed by atoms with E-state index in [4.69, 9.17) is 23.2 Å². The van der Waals surface area contributed by atoms with Crippen molar-refractivity contribution in [3.05, 3.63) is 130 Å². The number of rotatable bonds is 8. The molecule has 0 aliphatic rings. The highest BCUT2D eigenvalue weighted by atomic mass is 35.5. The molecule has 0 saturated carbocycles. The molecule has 0 bridgehead atoms. The first kappa shape index (κ1) is 25.9. The molecule has 5 nitrogen and oxygen atoms in total. The first-order chi connectivity index (χ1) is 17.2. The van der Waals surface area contributed by atoms with Crippen LogP contribution in [0.4, 0.5) is 10.1 Å². The zero-order valence-electron chi connectivity index (χ0n) is 18.9. The second kappa shape index (κ2) is 11.2. The van der Waals surface area contributed by atoms with E-state index < -0.39 is 21.7 Å². The van der Waals surface area contributed by atoms with Crippen LogP contribution in [0.15, 0.2) is 102 Å². The smallest absolute Gasteiger partial charge is 0.257 e. The number of halogens is 3. The van der Waals surface area contributed by atoms with E-state index in [0.717, 1.165) is 17.2 Å². The van der Waals surface area contributed by atoms with Gasteiger partial charge in [0.25, 0.3) is 5.91 Å². The molecule has 4 aromatic carbocycles. The number of nitrogens with one attached hydrogen (secondary N) is 1. The van der Waals surface area contributed by atoms with Gasteiger partial charge in [-0.25, -0.2) is 12.8 Å². The van der Waals surface area contributed by atoms with Crippen LogP contribution in [0.3, 0.4) is 0 Å². The van der Waals surface area contributed by atoms with Crippen LogP contribution < -0.4 is 5.32 Å². The summed E-state index contributed by atoms with van der Waals surface area (Å²) in [6.45, 7) is 0.209. The molecule has 0 aliphatic heterocycles. The van der Waals surface area contributed by atoms with Gasteiger partial charge in [0, 0.05) is 18.1 Å². The molecular formula is C27H21Cl2FN2O3S. The summed E-state index contributed by atoms with van der Waals surface area (Å²) in [4.78, 5) is 12.3. The maximum absolute atomic E-state index is 15.0. The predicted octanol–water partition coefficient (Wildman–Crippen LogP) is 6.78. The molecule has 1 N–H and O–H groups in total. The van der Waals surface area contributed by atoms with Crippen LogP contribution in [0.2, 0.25) is 10.0 Å². The summed E-state index contributed by atoms with van der Waals surface area (Å²) in [5.74, 6) is -1.55. The van der Waals surface area contributed by atoms with Crippen LogP contribution in [0.5, 0.6) is 0 Å².